The average Bonchev–Trinajstić information content (AvgIpc) is 2.29. The van der Waals surface area contributed by atoms with Crippen molar-refractivity contribution in [2.75, 3.05) is 0 Å². The van der Waals surface area contributed by atoms with Crippen LogP contribution in [0.25, 0.3) is 11.2 Å². The molecule has 2 rings (SSSR count). The zero-order valence-electron chi connectivity index (χ0n) is 8.52. The Morgan fingerprint density at radius 2 is 2.07 bits per heavy atom. The van der Waals surface area contributed by atoms with Crippen LogP contribution < -0.4 is 0 Å². The van der Waals surface area contributed by atoms with Gasteiger partial charge in [-0.15, -0.1) is 0 Å². The Labute approximate surface area is 97.1 Å². The number of halogens is 1. The van der Waals surface area contributed by atoms with E-state index in [4.69, 9.17) is 0 Å². The molecule has 0 amide bonds. The van der Waals surface area contributed by atoms with Gasteiger partial charge in [0.05, 0.1) is 0 Å². The van der Waals surface area contributed by atoms with Crippen molar-refractivity contribution in [3.8, 4) is 0 Å². The van der Waals surface area contributed by atoms with Crippen LogP contribution in [0.1, 0.15) is 19.0 Å². The number of fused-ring (bicyclic) bond motifs is 1. The second-order valence-corrected chi connectivity index (χ2v) is 4.71. The molecule has 3 nitrogen and oxygen atoms in total. The Kier molecular flexibility index (Phi) is 3.26. The highest BCUT2D eigenvalue weighted by Gasteiger charge is 2.05. The third kappa shape index (κ3) is 2.50. The number of alkyl halides is 1. The van der Waals surface area contributed by atoms with Crippen LogP contribution in [0.3, 0.4) is 0 Å². The van der Waals surface area contributed by atoms with Gasteiger partial charge in [-0.3, -0.25) is 4.98 Å². The van der Waals surface area contributed by atoms with E-state index >= 15 is 0 Å². The Hall–Kier alpha value is -1.03. The third-order valence-corrected chi connectivity index (χ3v) is 3.23. The molecule has 1 atom stereocenters. The van der Waals surface area contributed by atoms with Crippen LogP contribution in [-0.4, -0.2) is 19.8 Å². The summed E-state index contributed by atoms with van der Waals surface area (Å²) in [6.07, 6.45) is 5.39. The van der Waals surface area contributed by atoms with Gasteiger partial charge in [-0.2, -0.15) is 0 Å². The minimum atomic E-state index is 0.485. The molecular weight excluding hydrogens is 254 g/mol. The number of hydrogen-bond donors (Lipinski definition) is 0. The molecule has 15 heavy (non-hydrogen) atoms. The van der Waals surface area contributed by atoms with Gasteiger partial charge in [0.25, 0.3) is 0 Å². The summed E-state index contributed by atoms with van der Waals surface area (Å²) in [5.74, 6) is 0. The van der Waals surface area contributed by atoms with Crippen molar-refractivity contribution in [2.45, 2.75) is 24.6 Å². The summed E-state index contributed by atoms with van der Waals surface area (Å²) in [7, 11) is 0. The zero-order chi connectivity index (χ0) is 10.7. The number of pyridine rings is 1. The van der Waals surface area contributed by atoms with Gasteiger partial charge < -0.3 is 0 Å². The topological polar surface area (TPSA) is 38.7 Å². The van der Waals surface area contributed by atoms with Gasteiger partial charge in [0.1, 0.15) is 5.52 Å². The quantitative estimate of drug-likeness (QED) is 0.802. The van der Waals surface area contributed by atoms with Crippen LogP contribution in [0.15, 0.2) is 24.5 Å². The summed E-state index contributed by atoms with van der Waals surface area (Å²) >= 11 is 3.60. The molecule has 0 fully saturated rings. The standard InChI is InChI=1S/C11H12BrN3/c1-2-8(12)7-9-3-4-10-11(15-9)14-6-5-13-10/h3-6,8H,2,7H2,1H3. The second-order valence-electron chi connectivity index (χ2n) is 3.41. The highest BCUT2D eigenvalue weighted by molar-refractivity contribution is 9.09. The maximum absolute atomic E-state index is 4.46. The molecule has 0 aromatic carbocycles. The lowest BCUT2D eigenvalue weighted by Gasteiger charge is -2.05. The molecule has 0 aliphatic carbocycles. The van der Waals surface area contributed by atoms with E-state index in [1.807, 2.05) is 12.1 Å². The van der Waals surface area contributed by atoms with Gasteiger partial charge in [-0.05, 0) is 18.6 Å². The number of nitrogens with zero attached hydrogens (tertiary/aromatic N) is 3. The van der Waals surface area contributed by atoms with Crippen LogP contribution in [0.4, 0.5) is 0 Å². The maximum atomic E-state index is 4.46. The Morgan fingerprint density at radius 3 is 2.87 bits per heavy atom. The van der Waals surface area contributed by atoms with Crippen LogP contribution in [0.2, 0.25) is 0 Å². The van der Waals surface area contributed by atoms with Crippen molar-refractivity contribution in [2.24, 2.45) is 0 Å². The van der Waals surface area contributed by atoms with Crippen LogP contribution in [0, 0.1) is 0 Å². The summed E-state index contributed by atoms with van der Waals surface area (Å²) in [6, 6.07) is 3.99. The van der Waals surface area contributed by atoms with Gasteiger partial charge in [0.2, 0.25) is 0 Å². The van der Waals surface area contributed by atoms with Crippen LogP contribution in [-0.2, 0) is 6.42 Å². The summed E-state index contributed by atoms with van der Waals surface area (Å²) in [5.41, 5.74) is 2.64. The monoisotopic (exact) mass is 265 g/mol. The number of hydrogen-bond acceptors (Lipinski definition) is 3. The van der Waals surface area contributed by atoms with Gasteiger partial charge in [0, 0.05) is 29.3 Å². The fraction of sp³-hybridized carbons (Fsp3) is 0.364. The number of aromatic nitrogens is 3. The molecule has 0 N–H and O–H groups in total. The van der Waals surface area contributed by atoms with Crippen molar-refractivity contribution >= 4 is 27.1 Å². The lowest BCUT2D eigenvalue weighted by molar-refractivity contribution is 0.811. The Balaban J connectivity index is 2.30. The van der Waals surface area contributed by atoms with E-state index in [2.05, 4.69) is 37.8 Å². The molecule has 0 saturated heterocycles. The molecule has 0 bridgehead atoms. The maximum Gasteiger partial charge on any atom is 0.178 e. The van der Waals surface area contributed by atoms with Crippen molar-refractivity contribution in [1.82, 2.24) is 15.0 Å². The van der Waals surface area contributed by atoms with Gasteiger partial charge >= 0.3 is 0 Å². The molecule has 0 saturated carbocycles. The summed E-state index contributed by atoms with van der Waals surface area (Å²) in [5, 5.41) is 0. The predicted octanol–water partition coefficient (Wildman–Crippen LogP) is 2.74. The smallest absolute Gasteiger partial charge is 0.178 e. The highest BCUT2D eigenvalue weighted by Crippen LogP contribution is 2.13. The summed E-state index contributed by atoms with van der Waals surface area (Å²) < 4.78 is 0. The molecule has 2 aromatic rings. The first-order valence-corrected chi connectivity index (χ1v) is 5.92. The lowest BCUT2D eigenvalue weighted by Crippen LogP contribution is -2.03. The molecule has 0 radical (unpaired) electrons. The molecule has 78 valence electrons. The van der Waals surface area contributed by atoms with Gasteiger partial charge in [-0.25, -0.2) is 9.97 Å². The predicted molar refractivity (Wildman–Crippen MR) is 64.0 cm³/mol. The average molecular weight is 266 g/mol. The first-order chi connectivity index (χ1) is 7.29. The molecular formula is C11H12BrN3. The Bertz CT molecular complexity index is 458. The van der Waals surface area contributed by atoms with E-state index in [1.54, 1.807) is 12.4 Å². The fourth-order valence-corrected chi connectivity index (χ4v) is 1.71. The highest BCUT2D eigenvalue weighted by atomic mass is 79.9. The van der Waals surface area contributed by atoms with Crippen molar-refractivity contribution in [3.05, 3.63) is 30.2 Å². The summed E-state index contributed by atoms with van der Waals surface area (Å²) in [4.78, 5) is 13.3. The SMILES string of the molecule is CCC(Br)Cc1ccc2nccnc2n1. The normalized spacial score (nSPS) is 12.9. The first-order valence-electron chi connectivity index (χ1n) is 5.00. The van der Waals surface area contributed by atoms with E-state index in [0.717, 1.165) is 29.7 Å². The van der Waals surface area contributed by atoms with Crippen molar-refractivity contribution in [3.63, 3.8) is 0 Å². The van der Waals surface area contributed by atoms with Crippen LogP contribution >= 0.6 is 15.9 Å². The first kappa shape index (κ1) is 10.5. The molecule has 2 heterocycles. The van der Waals surface area contributed by atoms with E-state index in [9.17, 15) is 0 Å². The zero-order valence-corrected chi connectivity index (χ0v) is 10.1. The third-order valence-electron chi connectivity index (χ3n) is 2.26. The minimum Gasteiger partial charge on any atom is -0.251 e. The summed E-state index contributed by atoms with van der Waals surface area (Å²) in [6.45, 7) is 2.15. The molecule has 0 aliphatic rings. The molecule has 4 heteroatoms. The van der Waals surface area contributed by atoms with E-state index in [-0.39, 0.29) is 0 Å². The lowest BCUT2D eigenvalue weighted by atomic mass is 10.2. The van der Waals surface area contributed by atoms with E-state index < -0.39 is 0 Å². The van der Waals surface area contributed by atoms with Crippen LogP contribution in [0.5, 0.6) is 0 Å². The molecule has 2 aromatic heterocycles. The van der Waals surface area contributed by atoms with Crippen molar-refractivity contribution < 1.29 is 0 Å². The van der Waals surface area contributed by atoms with Gasteiger partial charge in [0.15, 0.2) is 5.65 Å². The minimum absolute atomic E-state index is 0.485. The molecule has 1 unspecified atom stereocenters. The van der Waals surface area contributed by atoms with E-state index in [1.165, 1.54) is 0 Å². The molecule has 0 aliphatic heterocycles. The largest absolute Gasteiger partial charge is 0.251 e. The molecule has 0 spiro atoms. The van der Waals surface area contributed by atoms with Gasteiger partial charge in [-0.1, -0.05) is 22.9 Å². The fourth-order valence-electron chi connectivity index (χ4n) is 1.38. The Morgan fingerprint density at radius 1 is 1.27 bits per heavy atom. The van der Waals surface area contributed by atoms with E-state index in [0.29, 0.717) is 4.83 Å². The number of rotatable bonds is 3. The second kappa shape index (κ2) is 4.66. The van der Waals surface area contributed by atoms with Crippen molar-refractivity contribution in [1.29, 1.82) is 0 Å².